The summed E-state index contributed by atoms with van der Waals surface area (Å²) >= 11 is 0. The highest BCUT2D eigenvalue weighted by Gasteiger charge is 2.33. The van der Waals surface area contributed by atoms with E-state index in [0.717, 1.165) is 23.0 Å². The molecule has 13 heteroatoms. The van der Waals surface area contributed by atoms with Gasteiger partial charge in [0.05, 0.1) is 54.1 Å². The van der Waals surface area contributed by atoms with Crippen LogP contribution in [-0.4, -0.2) is 53.5 Å². The van der Waals surface area contributed by atoms with Crippen LogP contribution in [0.15, 0.2) is 24.9 Å². The van der Waals surface area contributed by atoms with Gasteiger partial charge in [0.15, 0.2) is 11.5 Å². The van der Waals surface area contributed by atoms with Crippen molar-refractivity contribution in [1.29, 1.82) is 0 Å². The Bertz CT molecular complexity index is 1440. The maximum absolute atomic E-state index is 12.9. The number of ether oxygens (including phenoxy) is 1. The van der Waals surface area contributed by atoms with E-state index in [0.29, 0.717) is 22.5 Å². The van der Waals surface area contributed by atoms with E-state index in [1.54, 1.807) is 18.7 Å². The number of carbonyl (C=O) groups excluding carboxylic acids is 1. The molecule has 0 aliphatic heterocycles. The molecule has 0 aromatic carbocycles. The Morgan fingerprint density at radius 3 is 2.69 bits per heavy atom. The predicted octanol–water partition coefficient (Wildman–Crippen LogP) is 3.90. The molecular weight excluding hydrogens is 465 g/mol. The lowest BCUT2D eigenvalue weighted by Gasteiger charge is -2.15. The molecule has 4 heterocycles. The number of carbonyl (C=O) groups is 1. The molecule has 4 aromatic heterocycles. The fourth-order valence-corrected chi connectivity index (χ4v) is 3.86. The second-order valence-corrected chi connectivity index (χ2v) is 8.37. The van der Waals surface area contributed by atoms with E-state index in [1.165, 1.54) is 20.2 Å². The zero-order valence-corrected chi connectivity index (χ0v) is 19.1. The summed E-state index contributed by atoms with van der Waals surface area (Å²) < 4.78 is 46.2. The quantitative estimate of drug-likeness (QED) is 0.409. The molecule has 1 N–H and O–H groups in total. The van der Waals surface area contributed by atoms with Crippen LogP contribution in [0.5, 0.6) is 0 Å². The van der Waals surface area contributed by atoms with Gasteiger partial charge in [0.2, 0.25) is 0 Å². The van der Waals surface area contributed by atoms with Gasteiger partial charge in [0.1, 0.15) is 12.1 Å². The number of nitrogens with one attached hydrogen (secondary N) is 1. The number of nitrogens with zero attached hydrogens (tertiary/aromatic N) is 7. The van der Waals surface area contributed by atoms with Gasteiger partial charge in [-0.1, -0.05) is 0 Å². The largest absolute Gasteiger partial charge is 0.464 e. The average Bonchev–Trinajstić information content (AvgIpc) is 3.53. The Morgan fingerprint density at radius 2 is 2.00 bits per heavy atom. The molecule has 10 nitrogen and oxygen atoms in total. The van der Waals surface area contributed by atoms with Gasteiger partial charge in [-0.05, 0) is 19.8 Å². The molecule has 0 saturated heterocycles. The monoisotopic (exact) mass is 486 g/mol. The van der Waals surface area contributed by atoms with Crippen LogP contribution in [0.3, 0.4) is 0 Å². The number of aromatic nitrogens is 7. The Hall–Kier alpha value is -4.03. The van der Waals surface area contributed by atoms with Crippen molar-refractivity contribution in [2.45, 2.75) is 38.4 Å². The number of hydrogen-bond donors (Lipinski definition) is 1. The smallest absolute Gasteiger partial charge is 0.408 e. The molecule has 1 fully saturated rings. The number of alkyl halides is 3. The Morgan fingerprint density at radius 1 is 1.23 bits per heavy atom. The molecule has 1 saturated carbocycles. The zero-order chi connectivity index (χ0) is 24.9. The number of imidazole rings is 1. The van der Waals surface area contributed by atoms with E-state index in [9.17, 15) is 18.0 Å². The van der Waals surface area contributed by atoms with Gasteiger partial charge in [-0.15, -0.1) is 0 Å². The number of rotatable bonds is 6. The number of anilines is 2. The molecule has 0 amide bonds. The van der Waals surface area contributed by atoms with Crippen molar-refractivity contribution in [3.8, 4) is 11.3 Å². The third kappa shape index (κ3) is 4.29. The van der Waals surface area contributed by atoms with Crippen molar-refractivity contribution < 1.29 is 22.7 Å². The lowest BCUT2D eigenvalue weighted by atomic mass is 10.1. The van der Waals surface area contributed by atoms with Crippen LogP contribution in [0, 0.1) is 6.92 Å². The van der Waals surface area contributed by atoms with Crippen LogP contribution in [-0.2, 0) is 18.3 Å². The number of halogens is 3. The number of esters is 1. The maximum atomic E-state index is 12.9. The topological polar surface area (TPSA) is 113 Å². The van der Waals surface area contributed by atoms with Gasteiger partial charge in [-0.25, -0.2) is 19.7 Å². The molecule has 1 aliphatic rings. The second-order valence-electron chi connectivity index (χ2n) is 8.37. The van der Waals surface area contributed by atoms with Crippen molar-refractivity contribution in [3.63, 3.8) is 0 Å². The second kappa shape index (κ2) is 8.32. The fourth-order valence-electron chi connectivity index (χ4n) is 3.86. The van der Waals surface area contributed by atoms with Crippen LogP contribution in [0.1, 0.15) is 40.6 Å². The molecule has 182 valence electrons. The first-order chi connectivity index (χ1) is 16.7. The lowest BCUT2D eigenvalue weighted by molar-refractivity contribution is -0.142. The molecule has 0 unspecified atom stereocenters. The van der Waals surface area contributed by atoms with Crippen molar-refractivity contribution in [1.82, 2.24) is 34.3 Å². The van der Waals surface area contributed by atoms with E-state index in [2.05, 4.69) is 25.4 Å². The molecule has 0 atom stereocenters. The van der Waals surface area contributed by atoms with E-state index < -0.39 is 18.7 Å². The van der Waals surface area contributed by atoms with E-state index in [4.69, 9.17) is 9.72 Å². The fraction of sp³-hybridized carbons (Fsp3) is 0.364. The minimum Gasteiger partial charge on any atom is -0.464 e. The number of aryl methyl sites for hydroxylation is 1. The SMILES string of the molecule is COC(=O)c1nc(-c2cncc3c2ncn3C)c(C2CC2)nc1Nc1cnn(CC(F)(F)F)c1C. The van der Waals surface area contributed by atoms with E-state index in [1.807, 2.05) is 11.6 Å². The Balaban J connectivity index is 1.63. The highest BCUT2D eigenvalue weighted by atomic mass is 19.4. The summed E-state index contributed by atoms with van der Waals surface area (Å²) in [6.45, 7) is 0.263. The first-order valence-electron chi connectivity index (χ1n) is 10.8. The van der Waals surface area contributed by atoms with Gasteiger partial charge < -0.3 is 14.6 Å². The van der Waals surface area contributed by atoms with Crippen LogP contribution in [0.2, 0.25) is 0 Å². The maximum Gasteiger partial charge on any atom is 0.408 e. The summed E-state index contributed by atoms with van der Waals surface area (Å²) in [6, 6.07) is 0. The van der Waals surface area contributed by atoms with Crippen molar-refractivity contribution in [2.24, 2.45) is 7.05 Å². The predicted molar refractivity (Wildman–Crippen MR) is 119 cm³/mol. The molecule has 0 spiro atoms. The summed E-state index contributed by atoms with van der Waals surface area (Å²) in [5.74, 6) is -0.541. The summed E-state index contributed by atoms with van der Waals surface area (Å²) in [7, 11) is 3.07. The van der Waals surface area contributed by atoms with Gasteiger partial charge in [-0.2, -0.15) is 18.3 Å². The molecule has 4 aromatic rings. The van der Waals surface area contributed by atoms with Gasteiger partial charge >= 0.3 is 12.1 Å². The number of methoxy groups -OCH3 is 1. The lowest BCUT2D eigenvalue weighted by Crippen LogP contribution is -2.19. The highest BCUT2D eigenvalue weighted by molar-refractivity contribution is 5.96. The molecular formula is C22H21F3N8O2. The minimum atomic E-state index is -4.42. The molecule has 1 aliphatic carbocycles. The van der Waals surface area contributed by atoms with Gasteiger partial charge in [0, 0.05) is 24.7 Å². The van der Waals surface area contributed by atoms with Crippen LogP contribution in [0.25, 0.3) is 22.3 Å². The number of fused-ring (bicyclic) bond motifs is 1. The highest BCUT2D eigenvalue weighted by Crippen LogP contribution is 2.44. The third-order valence-electron chi connectivity index (χ3n) is 5.84. The van der Waals surface area contributed by atoms with Gasteiger partial charge in [0.25, 0.3) is 0 Å². The van der Waals surface area contributed by atoms with Crippen molar-refractivity contribution in [3.05, 3.63) is 42.0 Å². The van der Waals surface area contributed by atoms with Crippen LogP contribution in [0.4, 0.5) is 24.7 Å². The Kier molecular flexibility index (Phi) is 5.41. The van der Waals surface area contributed by atoms with E-state index >= 15 is 0 Å². The first kappa shape index (κ1) is 22.7. The zero-order valence-electron chi connectivity index (χ0n) is 19.1. The standard InChI is InChI=1S/C22H21F3N8O2/c1-11-14(7-28-33(11)9-22(23,24)25)29-20-19(21(34)35-3)30-18(16(31-20)12-4-5-12)13-6-26-8-15-17(13)27-10-32(15)2/h6-8,10,12H,4-5,9H2,1-3H3,(H,29,31). The summed E-state index contributed by atoms with van der Waals surface area (Å²) in [5, 5.41) is 6.76. The van der Waals surface area contributed by atoms with Crippen LogP contribution >= 0.6 is 0 Å². The third-order valence-corrected chi connectivity index (χ3v) is 5.84. The minimum absolute atomic E-state index is 0.0818. The molecule has 0 bridgehead atoms. The van der Waals surface area contributed by atoms with Crippen molar-refractivity contribution >= 4 is 28.5 Å². The molecule has 5 rings (SSSR count). The number of pyridine rings is 1. The van der Waals surface area contributed by atoms with Crippen molar-refractivity contribution in [2.75, 3.05) is 12.4 Å². The van der Waals surface area contributed by atoms with Gasteiger partial charge in [-0.3, -0.25) is 9.67 Å². The Labute approximate surface area is 197 Å². The summed E-state index contributed by atoms with van der Waals surface area (Å²) in [4.78, 5) is 30.8. The average molecular weight is 486 g/mol. The summed E-state index contributed by atoms with van der Waals surface area (Å²) in [6.07, 6.45) is 3.61. The first-order valence-corrected chi connectivity index (χ1v) is 10.8. The molecule has 0 radical (unpaired) electrons. The normalized spacial score (nSPS) is 13.9. The molecule has 35 heavy (non-hydrogen) atoms. The number of hydrogen-bond acceptors (Lipinski definition) is 8. The van der Waals surface area contributed by atoms with E-state index in [-0.39, 0.29) is 28.8 Å². The van der Waals surface area contributed by atoms with Crippen LogP contribution < -0.4 is 5.32 Å². The summed E-state index contributed by atoms with van der Waals surface area (Å²) in [5.41, 5.74) is 3.61.